The molecule has 1 aromatic heterocycles. The summed E-state index contributed by atoms with van der Waals surface area (Å²) in [6.07, 6.45) is -2.15. The summed E-state index contributed by atoms with van der Waals surface area (Å²) in [6.45, 7) is 5.31. The first-order chi connectivity index (χ1) is 9.50. The molecule has 0 aromatic carbocycles. The van der Waals surface area contributed by atoms with Gasteiger partial charge in [-0.1, -0.05) is 6.07 Å². The van der Waals surface area contributed by atoms with Crippen LogP contribution in [0.5, 0.6) is 0 Å². The Morgan fingerprint density at radius 1 is 1.40 bits per heavy atom. The van der Waals surface area contributed by atoms with Crippen LogP contribution < -0.4 is 10.2 Å². The van der Waals surface area contributed by atoms with Gasteiger partial charge in [0.15, 0.2) is 0 Å². The third kappa shape index (κ3) is 3.85. The molecule has 1 atom stereocenters. The second-order valence-corrected chi connectivity index (χ2v) is 5.13. The summed E-state index contributed by atoms with van der Waals surface area (Å²) >= 11 is 0. The molecular weight excluding hydrogens is 267 g/mol. The fourth-order valence-electron chi connectivity index (χ4n) is 2.53. The van der Waals surface area contributed by atoms with Crippen LogP contribution in [0.2, 0.25) is 0 Å². The van der Waals surface area contributed by atoms with Crippen molar-refractivity contribution in [3.05, 3.63) is 23.9 Å². The van der Waals surface area contributed by atoms with E-state index in [1.54, 1.807) is 6.07 Å². The molecule has 0 amide bonds. The van der Waals surface area contributed by atoms with Gasteiger partial charge >= 0.3 is 6.18 Å². The van der Waals surface area contributed by atoms with Crippen molar-refractivity contribution in [3.63, 3.8) is 0 Å². The molecule has 0 radical (unpaired) electrons. The van der Waals surface area contributed by atoms with Crippen molar-refractivity contribution in [1.29, 1.82) is 0 Å². The molecule has 0 spiro atoms. The molecule has 1 aliphatic heterocycles. The van der Waals surface area contributed by atoms with Gasteiger partial charge in [0.2, 0.25) is 0 Å². The number of nitrogens with one attached hydrogen (secondary N) is 1. The van der Waals surface area contributed by atoms with Gasteiger partial charge in [-0.25, -0.2) is 4.98 Å². The molecule has 0 saturated carbocycles. The number of nitrogens with zero attached hydrogens (tertiary/aromatic N) is 2. The minimum Gasteiger partial charge on any atom is -0.357 e. The van der Waals surface area contributed by atoms with E-state index in [9.17, 15) is 13.2 Å². The lowest BCUT2D eigenvalue weighted by Crippen LogP contribution is -2.38. The predicted molar refractivity (Wildman–Crippen MR) is 72.7 cm³/mol. The topological polar surface area (TPSA) is 28.2 Å². The largest absolute Gasteiger partial charge is 0.433 e. The van der Waals surface area contributed by atoms with Gasteiger partial charge in [-0.2, -0.15) is 13.2 Å². The summed E-state index contributed by atoms with van der Waals surface area (Å²) in [5.41, 5.74) is -0.824. The fourth-order valence-corrected chi connectivity index (χ4v) is 2.53. The van der Waals surface area contributed by atoms with Crippen molar-refractivity contribution in [3.8, 4) is 0 Å². The summed E-state index contributed by atoms with van der Waals surface area (Å²) in [5, 5.41) is 3.32. The third-order valence-corrected chi connectivity index (χ3v) is 3.61. The van der Waals surface area contributed by atoms with E-state index in [-0.39, 0.29) is 0 Å². The number of hydrogen-bond acceptors (Lipinski definition) is 3. The van der Waals surface area contributed by atoms with Crippen LogP contribution in [0, 0.1) is 5.92 Å². The molecule has 20 heavy (non-hydrogen) atoms. The Morgan fingerprint density at radius 3 is 2.80 bits per heavy atom. The van der Waals surface area contributed by atoms with E-state index < -0.39 is 11.9 Å². The minimum absolute atomic E-state index is 0.410. The standard InChI is InChI=1S/C14H20F3N3/c1-2-20(10-11-5-4-8-18-9-11)13-7-3-6-12(19-13)14(15,16)17/h3,6-7,11,18H,2,4-5,8-10H2,1H3. The molecule has 1 aliphatic rings. The Balaban J connectivity index is 2.10. The van der Waals surface area contributed by atoms with Gasteiger partial charge in [-0.3, -0.25) is 0 Å². The normalized spacial score (nSPS) is 19.9. The molecule has 1 saturated heterocycles. The first kappa shape index (κ1) is 15.1. The third-order valence-electron chi connectivity index (χ3n) is 3.61. The molecule has 6 heteroatoms. The molecule has 1 aromatic rings. The molecular formula is C14H20F3N3. The van der Waals surface area contributed by atoms with Crippen LogP contribution in [0.25, 0.3) is 0 Å². The van der Waals surface area contributed by atoms with Crippen molar-refractivity contribution in [2.24, 2.45) is 5.92 Å². The van der Waals surface area contributed by atoms with Gasteiger partial charge in [0.05, 0.1) is 0 Å². The first-order valence-electron chi connectivity index (χ1n) is 7.00. The minimum atomic E-state index is -4.39. The van der Waals surface area contributed by atoms with Crippen molar-refractivity contribution in [2.45, 2.75) is 25.9 Å². The molecule has 3 nitrogen and oxygen atoms in total. The van der Waals surface area contributed by atoms with Gasteiger partial charge in [0.25, 0.3) is 0 Å². The Hall–Kier alpha value is -1.30. The van der Waals surface area contributed by atoms with Crippen LogP contribution in [0.4, 0.5) is 19.0 Å². The van der Waals surface area contributed by atoms with Gasteiger partial charge in [-0.15, -0.1) is 0 Å². The van der Waals surface area contributed by atoms with Gasteiger partial charge in [0.1, 0.15) is 11.5 Å². The molecule has 1 unspecified atom stereocenters. The Morgan fingerprint density at radius 2 is 2.20 bits per heavy atom. The van der Waals surface area contributed by atoms with E-state index in [2.05, 4.69) is 10.3 Å². The van der Waals surface area contributed by atoms with Crippen LogP contribution in [0.1, 0.15) is 25.5 Å². The Labute approximate surface area is 117 Å². The summed E-state index contributed by atoms with van der Waals surface area (Å²) in [7, 11) is 0. The van der Waals surface area contributed by atoms with Crippen molar-refractivity contribution >= 4 is 5.82 Å². The van der Waals surface area contributed by atoms with E-state index in [1.165, 1.54) is 6.07 Å². The van der Waals surface area contributed by atoms with Crippen LogP contribution >= 0.6 is 0 Å². The number of rotatable bonds is 4. The average Bonchev–Trinajstić information content (AvgIpc) is 2.45. The highest BCUT2D eigenvalue weighted by atomic mass is 19.4. The van der Waals surface area contributed by atoms with Crippen LogP contribution in [0.3, 0.4) is 0 Å². The number of piperidine rings is 1. The number of aromatic nitrogens is 1. The van der Waals surface area contributed by atoms with Crippen LogP contribution in [0.15, 0.2) is 18.2 Å². The highest BCUT2D eigenvalue weighted by molar-refractivity contribution is 5.39. The highest BCUT2D eigenvalue weighted by Gasteiger charge is 2.32. The summed E-state index contributed by atoms with van der Waals surface area (Å²) < 4.78 is 38.1. The van der Waals surface area contributed by atoms with E-state index in [0.29, 0.717) is 18.3 Å². The summed E-state index contributed by atoms with van der Waals surface area (Å²) in [5.74, 6) is 0.882. The number of pyridine rings is 1. The molecule has 112 valence electrons. The SMILES string of the molecule is CCN(CC1CCCNC1)c1cccc(C(F)(F)F)n1. The van der Waals surface area contributed by atoms with Crippen LogP contribution in [-0.2, 0) is 6.18 Å². The quantitative estimate of drug-likeness (QED) is 0.923. The second-order valence-electron chi connectivity index (χ2n) is 5.13. The number of alkyl halides is 3. The monoisotopic (exact) mass is 287 g/mol. The predicted octanol–water partition coefficient (Wildman–Crippen LogP) is 2.93. The maximum Gasteiger partial charge on any atom is 0.433 e. The van der Waals surface area contributed by atoms with Gasteiger partial charge in [-0.05, 0) is 50.9 Å². The van der Waals surface area contributed by atoms with E-state index in [1.807, 2.05) is 11.8 Å². The van der Waals surface area contributed by atoms with Crippen molar-refractivity contribution in [1.82, 2.24) is 10.3 Å². The highest BCUT2D eigenvalue weighted by Crippen LogP contribution is 2.29. The maximum atomic E-state index is 12.7. The Kier molecular flexibility index (Phi) is 4.86. The van der Waals surface area contributed by atoms with E-state index >= 15 is 0 Å². The van der Waals surface area contributed by atoms with Crippen LogP contribution in [-0.4, -0.2) is 31.2 Å². The van der Waals surface area contributed by atoms with Crippen molar-refractivity contribution in [2.75, 3.05) is 31.1 Å². The zero-order valence-electron chi connectivity index (χ0n) is 11.6. The maximum absolute atomic E-state index is 12.7. The molecule has 0 aliphatic carbocycles. The first-order valence-corrected chi connectivity index (χ1v) is 7.00. The van der Waals surface area contributed by atoms with E-state index in [4.69, 9.17) is 0 Å². The van der Waals surface area contributed by atoms with Gasteiger partial charge < -0.3 is 10.2 Å². The number of hydrogen-bond donors (Lipinski definition) is 1. The molecule has 2 rings (SSSR count). The molecule has 1 N–H and O–H groups in total. The Bertz CT molecular complexity index is 428. The lowest BCUT2D eigenvalue weighted by atomic mass is 9.99. The average molecular weight is 287 g/mol. The van der Waals surface area contributed by atoms with Crippen molar-refractivity contribution < 1.29 is 13.2 Å². The molecule has 2 heterocycles. The number of halogens is 3. The number of anilines is 1. The lowest BCUT2D eigenvalue weighted by molar-refractivity contribution is -0.141. The van der Waals surface area contributed by atoms with Gasteiger partial charge in [0, 0.05) is 13.1 Å². The zero-order chi connectivity index (χ0) is 14.6. The zero-order valence-corrected chi connectivity index (χ0v) is 11.6. The molecule has 0 bridgehead atoms. The smallest absolute Gasteiger partial charge is 0.357 e. The molecule has 1 fully saturated rings. The second kappa shape index (κ2) is 6.43. The lowest BCUT2D eigenvalue weighted by Gasteiger charge is -2.30. The fraction of sp³-hybridized carbons (Fsp3) is 0.643. The van der Waals surface area contributed by atoms with E-state index in [0.717, 1.165) is 38.5 Å². The summed E-state index contributed by atoms with van der Waals surface area (Å²) in [4.78, 5) is 5.68. The summed E-state index contributed by atoms with van der Waals surface area (Å²) in [6, 6.07) is 4.08.